The molecular weight excluding hydrogens is 446 g/mol. The highest BCUT2D eigenvalue weighted by atomic mass is 16.7. The first-order valence-corrected chi connectivity index (χ1v) is 11.0. The van der Waals surface area contributed by atoms with Crippen LogP contribution in [0.15, 0.2) is 35.1 Å². The average Bonchev–Trinajstić information content (AvgIpc) is 2.77. The summed E-state index contributed by atoms with van der Waals surface area (Å²) in [6.45, 7) is 5.25. The lowest BCUT2D eigenvalue weighted by molar-refractivity contribution is -0.311. The molecule has 1 aromatic carbocycles. The Morgan fingerprint density at radius 3 is 2.71 bits per heavy atom. The molecule has 0 saturated carbocycles. The van der Waals surface area contributed by atoms with Crippen molar-refractivity contribution in [3.05, 3.63) is 46.2 Å². The predicted molar refractivity (Wildman–Crippen MR) is 120 cm³/mol. The number of benzene rings is 1. The SMILES string of the molecule is CC(C)(C)OC(=O)N1c2c(nc(N)[nH]c2=O)N[C@@H]2O[C@@H]3COC(c4ccccc4)O[C@@H]3[C@H](O)[C@@H]21. The lowest BCUT2D eigenvalue weighted by Crippen LogP contribution is -2.71. The molecule has 4 heterocycles. The molecule has 34 heavy (non-hydrogen) atoms. The summed E-state index contributed by atoms with van der Waals surface area (Å²) in [6, 6.07) is 8.24. The number of carbonyl (C=O) groups is 1. The molecule has 0 bridgehead atoms. The molecule has 5 rings (SSSR count). The third kappa shape index (κ3) is 3.98. The van der Waals surface area contributed by atoms with Gasteiger partial charge in [0.2, 0.25) is 5.95 Å². The van der Waals surface area contributed by atoms with E-state index in [1.807, 2.05) is 30.3 Å². The number of aliphatic hydroxyl groups is 1. The highest BCUT2D eigenvalue weighted by Crippen LogP contribution is 2.40. The summed E-state index contributed by atoms with van der Waals surface area (Å²) in [7, 11) is 0. The number of hydrogen-bond acceptors (Lipinski definition) is 10. The van der Waals surface area contributed by atoms with Crippen LogP contribution >= 0.6 is 0 Å². The van der Waals surface area contributed by atoms with Crippen molar-refractivity contribution in [2.24, 2.45) is 0 Å². The van der Waals surface area contributed by atoms with Crippen LogP contribution in [-0.2, 0) is 18.9 Å². The summed E-state index contributed by atoms with van der Waals surface area (Å²) in [5, 5.41) is 14.4. The van der Waals surface area contributed by atoms with Gasteiger partial charge in [0.05, 0.1) is 6.61 Å². The van der Waals surface area contributed by atoms with Crippen LogP contribution in [0.4, 0.5) is 22.2 Å². The van der Waals surface area contributed by atoms with Crippen molar-refractivity contribution < 1.29 is 28.8 Å². The van der Waals surface area contributed by atoms with E-state index in [1.54, 1.807) is 20.8 Å². The molecule has 1 aromatic heterocycles. The third-order valence-electron chi connectivity index (χ3n) is 5.77. The topological polar surface area (TPSA) is 161 Å². The molecule has 0 aliphatic carbocycles. The lowest BCUT2D eigenvalue weighted by Gasteiger charge is -2.52. The van der Waals surface area contributed by atoms with E-state index in [4.69, 9.17) is 24.7 Å². The Morgan fingerprint density at radius 2 is 2.00 bits per heavy atom. The number of nitrogen functional groups attached to an aromatic ring is 1. The highest BCUT2D eigenvalue weighted by Gasteiger charge is 2.56. The van der Waals surface area contributed by atoms with Crippen molar-refractivity contribution in [2.45, 2.75) is 63.2 Å². The first kappa shape index (κ1) is 22.6. The Hall–Kier alpha value is -3.19. The Morgan fingerprint density at radius 1 is 1.26 bits per heavy atom. The smallest absolute Gasteiger partial charge is 0.415 e. The highest BCUT2D eigenvalue weighted by molar-refractivity contribution is 5.93. The molecule has 3 aliphatic heterocycles. The van der Waals surface area contributed by atoms with Crippen molar-refractivity contribution in [1.82, 2.24) is 9.97 Å². The van der Waals surface area contributed by atoms with E-state index in [0.717, 1.165) is 10.5 Å². The van der Waals surface area contributed by atoms with Crippen LogP contribution in [0.25, 0.3) is 0 Å². The van der Waals surface area contributed by atoms with Crippen molar-refractivity contribution >= 4 is 23.5 Å². The van der Waals surface area contributed by atoms with Crippen molar-refractivity contribution in [2.75, 3.05) is 22.6 Å². The first-order valence-electron chi connectivity index (χ1n) is 11.0. The standard InChI is InChI=1S/C22H27N5O7/c1-22(2,3)34-21(30)27-12-14(28)15-11(9-31-19(33-15)10-7-5-4-6-8-10)32-18(12)24-16-13(27)17(29)26-20(23)25-16/h4-8,11-12,14-15,18-19,28H,9H2,1-3H3,(H4,23,24,25,26,29)/t11-,12+,14-,15+,18-,19?/m1/s1. The second kappa shape index (κ2) is 8.24. The number of nitrogens with two attached hydrogens (primary N) is 1. The molecular formula is C22H27N5O7. The summed E-state index contributed by atoms with van der Waals surface area (Å²) >= 11 is 0. The Kier molecular flexibility index (Phi) is 5.47. The van der Waals surface area contributed by atoms with E-state index in [9.17, 15) is 14.7 Å². The van der Waals surface area contributed by atoms with E-state index < -0.39 is 54.1 Å². The quantitative estimate of drug-likeness (QED) is 0.472. The maximum Gasteiger partial charge on any atom is 0.415 e. The number of nitrogens with one attached hydrogen (secondary N) is 2. The lowest BCUT2D eigenvalue weighted by atomic mass is 9.92. The summed E-state index contributed by atoms with van der Waals surface area (Å²) < 4.78 is 23.6. The minimum absolute atomic E-state index is 0.0406. The van der Waals surface area contributed by atoms with Crippen LogP contribution in [0.3, 0.4) is 0 Å². The molecule has 182 valence electrons. The molecule has 6 atom stereocenters. The minimum atomic E-state index is -1.25. The van der Waals surface area contributed by atoms with Crippen LogP contribution in [0.5, 0.6) is 0 Å². The third-order valence-corrected chi connectivity index (χ3v) is 5.77. The van der Waals surface area contributed by atoms with Gasteiger partial charge in [-0.15, -0.1) is 0 Å². The fourth-order valence-electron chi connectivity index (χ4n) is 4.42. The first-order chi connectivity index (χ1) is 16.1. The normalized spacial score (nSPS) is 30.4. The molecule has 2 fully saturated rings. The van der Waals surface area contributed by atoms with E-state index in [-0.39, 0.29) is 24.1 Å². The monoisotopic (exact) mass is 473 g/mol. The molecule has 1 unspecified atom stereocenters. The molecule has 0 radical (unpaired) electrons. The van der Waals surface area contributed by atoms with Gasteiger partial charge in [-0.05, 0) is 20.8 Å². The summed E-state index contributed by atoms with van der Waals surface area (Å²) in [6.07, 6.45) is -5.20. The van der Waals surface area contributed by atoms with Crippen LogP contribution in [0, 0.1) is 0 Å². The molecule has 12 heteroatoms. The van der Waals surface area contributed by atoms with Gasteiger partial charge in [-0.2, -0.15) is 4.98 Å². The van der Waals surface area contributed by atoms with Crippen molar-refractivity contribution in [1.29, 1.82) is 0 Å². The number of carbonyl (C=O) groups excluding carboxylic acids is 1. The number of fused-ring (bicyclic) bond motifs is 3. The van der Waals surface area contributed by atoms with E-state index in [0.29, 0.717) is 0 Å². The number of nitrogens with zero attached hydrogens (tertiary/aromatic N) is 2. The fourth-order valence-corrected chi connectivity index (χ4v) is 4.42. The van der Waals surface area contributed by atoms with Crippen LogP contribution in [0.2, 0.25) is 0 Å². The molecule has 2 saturated heterocycles. The Balaban J connectivity index is 1.52. The van der Waals surface area contributed by atoms with Gasteiger partial charge < -0.3 is 35.1 Å². The second-order valence-electron chi connectivity index (χ2n) is 9.40. The summed E-state index contributed by atoms with van der Waals surface area (Å²) in [5.41, 5.74) is 4.84. The summed E-state index contributed by atoms with van der Waals surface area (Å²) in [5.74, 6) is -0.0954. The van der Waals surface area contributed by atoms with E-state index in [1.165, 1.54) is 0 Å². The number of ether oxygens (including phenoxy) is 4. The molecule has 12 nitrogen and oxygen atoms in total. The average molecular weight is 473 g/mol. The van der Waals surface area contributed by atoms with Gasteiger partial charge in [-0.3, -0.25) is 14.7 Å². The van der Waals surface area contributed by atoms with Crippen LogP contribution < -0.4 is 21.5 Å². The van der Waals surface area contributed by atoms with Crippen LogP contribution in [0.1, 0.15) is 32.6 Å². The molecule has 5 N–H and O–H groups in total. The second-order valence-corrected chi connectivity index (χ2v) is 9.40. The van der Waals surface area contributed by atoms with Gasteiger partial charge in [0.15, 0.2) is 24.0 Å². The minimum Gasteiger partial charge on any atom is -0.443 e. The molecule has 1 amide bonds. The van der Waals surface area contributed by atoms with Gasteiger partial charge in [-0.1, -0.05) is 30.3 Å². The molecule has 3 aliphatic rings. The van der Waals surface area contributed by atoms with E-state index in [2.05, 4.69) is 15.3 Å². The number of aliphatic hydroxyl groups excluding tert-OH is 1. The largest absolute Gasteiger partial charge is 0.443 e. The fraction of sp³-hybridized carbons (Fsp3) is 0.500. The maximum atomic E-state index is 13.3. The van der Waals surface area contributed by atoms with Gasteiger partial charge >= 0.3 is 6.09 Å². The maximum absolute atomic E-state index is 13.3. The number of amides is 1. The molecule has 2 aromatic rings. The number of hydrogen-bond donors (Lipinski definition) is 4. The van der Waals surface area contributed by atoms with Gasteiger partial charge in [0.25, 0.3) is 5.56 Å². The van der Waals surface area contributed by atoms with Crippen molar-refractivity contribution in [3.8, 4) is 0 Å². The zero-order chi connectivity index (χ0) is 24.2. The number of anilines is 3. The van der Waals surface area contributed by atoms with Gasteiger partial charge in [0, 0.05) is 5.56 Å². The number of aromatic amines is 1. The number of rotatable bonds is 1. The van der Waals surface area contributed by atoms with Gasteiger partial charge in [-0.25, -0.2) is 4.79 Å². The summed E-state index contributed by atoms with van der Waals surface area (Å²) in [4.78, 5) is 33.7. The van der Waals surface area contributed by atoms with Crippen molar-refractivity contribution in [3.63, 3.8) is 0 Å². The van der Waals surface area contributed by atoms with E-state index >= 15 is 0 Å². The predicted octanol–water partition coefficient (Wildman–Crippen LogP) is 1.09. The number of H-pyrrole nitrogens is 1. The van der Waals surface area contributed by atoms with Crippen LogP contribution in [-0.4, -0.2) is 64.0 Å². The molecule has 0 spiro atoms. The zero-order valence-corrected chi connectivity index (χ0v) is 18.9. The van der Waals surface area contributed by atoms with Gasteiger partial charge in [0.1, 0.15) is 30.0 Å². The number of aromatic nitrogens is 2. The Bertz CT molecular complexity index is 1130. The zero-order valence-electron chi connectivity index (χ0n) is 18.9. The Labute approximate surface area is 195 Å².